The molecule has 0 aliphatic carbocycles. The third-order valence-electron chi connectivity index (χ3n) is 7.40. The number of unbranched alkanes of at least 4 members (excludes halogenated alkanes) is 1. The fourth-order valence-electron chi connectivity index (χ4n) is 4.98. The number of hydrogen-bond acceptors (Lipinski definition) is 10. The molecule has 5 rings (SSSR count). The van der Waals surface area contributed by atoms with Crippen LogP contribution in [0.2, 0.25) is 0 Å². The monoisotopic (exact) mass is 650 g/mol. The van der Waals surface area contributed by atoms with Gasteiger partial charge in [0.15, 0.2) is 11.9 Å². The summed E-state index contributed by atoms with van der Waals surface area (Å²) in [7, 11) is -3.63. The summed E-state index contributed by atoms with van der Waals surface area (Å²) in [5.74, 6) is 0.463. The smallest absolute Gasteiger partial charge is 0.414 e. The average molecular weight is 651 g/mol. The second kappa shape index (κ2) is 15.1. The van der Waals surface area contributed by atoms with Gasteiger partial charge in [-0.1, -0.05) is 61.0 Å². The Morgan fingerprint density at radius 2 is 1.80 bits per heavy atom. The van der Waals surface area contributed by atoms with E-state index in [1.807, 2.05) is 61.5 Å². The van der Waals surface area contributed by atoms with Crippen molar-refractivity contribution in [2.75, 3.05) is 30.4 Å². The zero-order valence-electron chi connectivity index (χ0n) is 25.8. The van der Waals surface area contributed by atoms with E-state index >= 15 is 0 Å². The number of amidine groups is 1. The molecule has 2 aliphatic heterocycles. The lowest BCUT2D eigenvalue weighted by molar-refractivity contribution is -0.145. The SMILES string of the molecule is CCCCS(=O)(=O)NC(Cc1ccc(OCC2CN(c3ccc(C4=NOC(c5ccccc5)N4)cc3)C(=O)O2)cc1)C(=O)OCC. The molecule has 1 fully saturated rings. The number of carbonyl (C=O) groups excluding carboxylic acids is 2. The number of benzene rings is 3. The molecular weight excluding hydrogens is 612 g/mol. The lowest BCUT2D eigenvalue weighted by atomic mass is 10.1. The predicted octanol–water partition coefficient (Wildman–Crippen LogP) is 4.26. The highest BCUT2D eigenvalue weighted by Gasteiger charge is 2.33. The highest BCUT2D eigenvalue weighted by atomic mass is 32.2. The first-order valence-corrected chi connectivity index (χ1v) is 16.9. The number of anilines is 1. The Bertz CT molecular complexity index is 1620. The van der Waals surface area contributed by atoms with Gasteiger partial charge in [0, 0.05) is 16.8 Å². The Labute approximate surface area is 268 Å². The molecule has 3 aromatic carbocycles. The first-order chi connectivity index (χ1) is 22.2. The molecular formula is C33H38N4O8S. The van der Waals surface area contributed by atoms with Crippen molar-refractivity contribution < 1.29 is 37.1 Å². The summed E-state index contributed by atoms with van der Waals surface area (Å²) in [5.41, 5.74) is 3.20. The van der Waals surface area contributed by atoms with E-state index in [9.17, 15) is 18.0 Å². The zero-order chi connectivity index (χ0) is 32.5. The molecule has 1 saturated heterocycles. The van der Waals surface area contributed by atoms with Gasteiger partial charge in [-0.2, -0.15) is 0 Å². The molecule has 244 valence electrons. The minimum atomic E-state index is -3.63. The van der Waals surface area contributed by atoms with Crippen molar-refractivity contribution in [1.29, 1.82) is 0 Å². The van der Waals surface area contributed by atoms with Crippen molar-refractivity contribution in [3.05, 3.63) is 95.6 Å². The fourth-order valence-corrected chi connectivity index (χ4v) is 6.38. The van der Waals surface area contributed by atoms with Gasteiger partial charge in [0.25, 0.3) is 0 Å². The molecule has 2 heterocycles. The van der Waals surface area contributed by atoms with Gasteiger partial charge in [0.05, 0.1) is 18.9 Å². The quantitative estimate of drug-likeness (QED) is 0.231. The van der Waals surface area contributed by atoms with E-state index < -0.39 is 34.2 Å². The van der Waals surface area contributed by atoms with Gasteiger partial charge in [0.1, 0.15) is 18.4 Å². The standard InChI is InChI=1S/C33H38N4O8S/c1-3-5-19-46(40,41)36-29(32(38)42-4-2)20-23-11-17-27(18-12-23)43-22-28-21-37(33(39)44-28)26-15-13-24(14-16-26)30-34-31(45-35-30)25-9-7-6-8-10-25/h6-18,28-29,31,36H,3-5,19-22H2,1-2H3,(H,34,35). The number of esters is 1. The van der Waals surface area contributed by atoms with Gasteiger partial charge in [-0.05, 0) is 61.7 Å². The molecule has 0 radical (unpaired) electrons. The number of hydrogen-bond donors (Lipinski definition) is 2. The van der Waals surface area contributed by atoms with Crippen molar-refractivity contribution in [3.8, 4) is 5.75 Å². The summed E-state index contributed by atoms with van der Waals surface area (Å²) in [5, 5.41) is 7.42. The first kappa shape index (κ1) is 32.8. The van der Waals surface area contributed by atoms with Gasteiger partial charge in [-0.3, -0.25) is 9.69 Å². The van der Waals surface area contributed by atoms with E-state index in [2.05, 4.69) is 15.2 Å². The maximum atomic E-state index is 12.6. The Hall–Kier alpha value is -4.62. The second-order valence-electron chi connectivity index (χ2n) is 10.9. The van der Waals surface area contributed by atoms with Crippen molar-refractivity contribution in [3.63, 3.8) is 0 Å². The number of nitrogens with one attached hydrogen (secondary N) is 2. The molecule has 2 N–H and O–H groups in total. The maximum Gasteiger partial charge on any atom is 0.414 e. The molecule has 2 aliphatic rings. The Morgan fingerprint density at radius 3 is 2.50 bits per heavy atom. The van der Waals surface area contributed by atoms with Crippen LogP contribution < -0.4 is 19.7 Å². The van der Waals surface area contributed by atoms with E-state index in [-0.39, 0.29) is 31.6 Å². The highest BCUT2D eigenvalue weighted by molar-refractivity contribution is 7.89. The number of amides is 1. The van der Waals surface area contributed by atoms with Gasteiger partial charge in [-0.15, -0.1) is 0 Å². The number of rotatable bonds is 15. The zero-order valence-corrected chi connectivity index (χ0v) is 26.6. The number of sulfonamides is 1. The molecule has 46 heavy (non-hydrogen) atoms. The van der Waals surface area contributed by atoms with E-state index in [4.69, 9.17) is 19.0 Å². The van der Waals surface area contributed by atoms with Crippen LogP contribution >= 0.6 is 0 Å². The summed E-state index contributed by atoms with van der Waals surface area (Å²) >= 11 is 0. The lowest BCUT2D eigenvalue weighted by Crippen LogP contribution is -2.44. The van der Waals surface area contributed by atoms with Gasteiger partial charge < -0.3 is 24.4 Å². The molecule has 12 nitrogen and oxygen atoms in total. The Kier molecular flexibility index (Phi) is 10.8. The molecule has 3 aromatic rings. The molecule has 3 unspecified atom stereocenters. The summed E-state index contributed by atoms with van der Waals surface area (Å²) in [6, 6.07) is 23.0. The van der Waals surface area contributed by atoms with Crippen LogP contribution in [0.15, 0.2) is 84.0 Å². The van der Waals surface area contributed by atoms with Crippen molar-refractivity contribution in [1.82, 2.24) is 10.0 Å². The van der Waals surface area contributed by atoms with Crippen LogP contribution in [0.5, 0.6) is 5.75 Å². The van der Waals surface area contributed by atoms with E-state index in [0.717, 1.165) is 23.1 Å². The van der Waals surface area contributed by atoms with Crippen LogP contribution in [0.4, 0.5) is 10.5 Å². The number of carbonyl (C=O) groups is 2. The summed E-state index contributed by atoms with van der Waals surface area (Å²) in [6.45, 7) is 4.17. The van der Waals surface area contributed by atoms with Gasteiger partial charge >= 0.3 is 12.1 Å². The Morgan fingerprint density at radius 1 is 1.07 bits per heavy atom. The van der Waals surface area contributed by atoms with Crippen molar-refractivity contribution in [2.24, 2.45) is 5.16 Å². The van der Waals surface area contributed by atoms with Crippen molar-refractivity contribution in [2.45, 2.75) is 51.5 Å². The fraction of sp³-hybridized carbons (Fsp3) is 0.364. The number of nitrogens with zero attached hydrogens (tertiary/aromatic N) is 2. The topological polar surface area (TPSA) is 145 Å². The first-order valence-electron chi connectivity index (χ1n) is 15.3. The molecule has 1 amide bonds. The predicted molar refractivity (Wildman–Crippen MR) is 172 cm³/mol. The van der Waals surface area contributed by atoms with Crippen LogP contribution in [0.25, 0.3) is 0 Å². The Balaban J connectivity index is 1.12. The maximum absolute atomic E-state index is 12.6. The molecule has 0 spiro atoms. The molecule has 0 bridgehead atoms. The average Bonchev–Trinajstić information content (AvgIpc) is 3.71. The number of ether oxygens (including phenoxy) is 3. The minimum absolute atomic E-state index is 0.0567. The second-order valence-corrected chi connectivity index (χ2v) is 12.8. The number of oxime groups is 1. The molecule has 13 heteroatoms. The van der Waals surface area contributed by atoms with Gasteiger partial charge in [0.2, 0.25) is 16.3 Å². The van der Waals surface area contributed by atoms with Crippen LogP contribution in [0.1, 0.15) is 49.6 Å². The summed E-state index contributed by atoms with van der Waals surface area (Å²) < 4.78 is 43.9. The molecule has 0 saturated carbocycles. The van der Waals surface area contributed by atoms with E-state index in [1.165, 1.54) is 0 Å². The van der Waals surface area contributed by atoms with Crippen LogP contribution in [-0.2, 0) is 35.5 Å². The van der Waals surface area contributed by atoms with Crippen LogP contribution in [0, 0.1) is 0 Å². The van der Waals surface area contributed by atoms with E-state index in [0.29, 0.717) is 30.2 Å². The highest BCUT2D eigenvalue weighted by Crippen LogP contribution is 2.25. The summed E-state index contributed by atoms with van der Waals surface area (Å²) in [6.07, 6.45) is 0.0297. The van der Waals surface area contributed by atoms with Crippen LogP contribution in [0.3, 0.4) is 0 Å². The van der Waals surface area contributed by atoms with E-state index in [1.54, 1.807) is 36.1 Å². The minimum Gasteiger partial charge on any atom is -0.490 e. The molecule has 3 atom stereocenters. The van der Waals surface area contributed by atoms with Gasteiger partial charge in [-0.25, -0.2) is 17.9 Å². The van der Waals surface area contributed by atoms with Crippen LogP contribution in [-0.4, -0.2) is 64.0 Å². The molecule has 0 aromatic heterocycles. The lowest BCUT2D eigenvalue weighted by Gasteiger charge is -2.18. The third-order valence-corrected chi connectivity index (χ3v) is 8.87. The number of cyclic esters (lactones) is 1. The third kappa shape index (κ3) is 8.55. The largest absolute Gasteiger partial charge is 0.490 e. The summed E-state index contributed by atoms with van der Waals surface area (Å²) in [4.78, 5) is 32.2. The normalized spacial score (nSPS) is 18.3. The van der Waals surface area contributed by atoms with Crippen molar-refractivity contribution >= 4 is 33.6 Å².